The third-order valence-electron chi connectivity index (χ3n) is 4.45. The molecule has 0 aromatic carbocycles. The van der Waals surface area contributed by atoms with Gasteiger partial charge in [0.05, 0.1) is 0 Å². The van der Waals surface area contributed by atoms with Crippen molar-refractivity contribution in [3.8, 4) is 0 Å². The van der Waals surface area contributed by atoms with Crippen molar-refractivity contribution < 1.29 is 23.9 Å². The van der Waals surface area contributed by atoms with Crippen LogP contribution in [0.4, 0.5) is 4.79 Å². The molecule has 7 nitrogen and oxygen atoms in total. The molecule has 7 heteroatoms. The van der Waals surface area contributed by atoms with E-state index in [0.717, 1.165) is 49.4 Å². The molecule has 1 atom stereocenters. The zero-order valence-electron chi connectivity index (χ0n) is 15.9. The van der Waals surface area contributed by atoms with Gasteiger partial charge in [-0.3, -0.25) is 19.8 Å². The third kappa shape index (κ3) is 5.12. The molecule has 2 aliphatic rings. The second-order valence-electron chi connectivity index (χ2n) is 6.20. The van der Waals surface area contributed by atoms with Crippen LogP contribution in [0.25, 0.3) is 0 Å². The Morgan fingerprint density at radius 3 is 2.28 bits per heavy atom. The van der Waals surface area contributed by atoms with E-state index in [0.29, 0.717) is 0 Å². The van der Waals surface area contributed by atoms with Crippen molar-refractivity contribution in [3.63, 3.8) is 0 Å². The molecule has 1 heterocycles. The van der Waals surface area contributed by atoms with E-state index in [4.69, 9.17) is 9.47 Å². The predicted octanol–water partition coefficient (Wildman–Crippen LogP) is 2.61. The van der Waals surface area contributed by atoms with Crippen molar-refractivity contribution in [1.29, 1.82) is 0 Å². The van der Waals surface area contributed by atoms with Gasteiger partial charge < -0.3 is 9.47 Å². The number of hydrogen-bond donors (Lipinski definition) is 1. The number of nitrogens with one attached hydrogen (secondary N) is 1. The van der Waals surface area contributed by atoms with E-state index < -0.39 is 23.3 Å². The number of barbiturate groups is 1. The quantitative estimate of drug-likeness (QED) is 0.466. The van der Waals surface area contributed by atoms with Crippen molar-refractivity contribution in [3.05, 3.63) is 11.6 Å². The molecule has 2 rings (SSSR count). The number of carbonyl (C=O) groups excluding carboxylic acids is 3. The lowest BCUT2D eigenvalue weighted by molar-refractivity contribution is -0.146. The Morgan fingerprint density at radius 1 is 1.20 bits per heavy atom. The molecule has 0 aromatic heterocycles. The summed E-state index contributed by atoms with van der Waals surface area (Å²) in [4.78, 5) is 36.5. The number of imide groups is 2. The first-order valence-corrected chi connectivity index (χ1v) is 8.85. The molecule has 0 aromatic rings. The first kappa shape index (κ1) is 21.3. The zero-order valence-corrected chi connectivity index (χ0v) is 15.9. The maximum atomic E-state index is 12.2. The number of nitrogens with zero attached hydrogens (tertiary/aromatic N) is 1. The van der Waals surface area contributed by atoms with Gasteiger partial charge >= 0.3 is 6.03 Å². The summed E-state index contributed by atoms with van der Waals surface area (Å²) in [6, 6.07) is -0.645. The van der Waals surface area contributed by atoms with Crippen molar-refractivity contribution in [2.45, 2.75) is 59.7 Å². The summed E-state index contributed by atoms with van der Waals surface area (Å²) in [7, 11) is 1.39. The summed E-state index contributed by atoms with van der Waals surface area (Å²) in [6.07, 6.45) is 5.64. The Morgan fingerprint density at radius 2 is 1.80 bits per heavy atom. The Hall–Kier alpha value is -1.73. The number of hydrogen-bond acceptors (Lipinski definition) is 5. The topological polar surface area (TPSA) is 84.9 Å². The number of allylic oxidation sites excluding steroid dienone is 1. The molecule has 1 saturated heterocycles. The van der Waals surface area contributed by atoms with Crippen molar-refractivity contribution in [1.82, 2.24) is 10.2 Å². The molecule has 0 radical (unpaired) electrons. The van der Waals surface area contributed by atoms with Crippen LogP contribution in [0.5, 0.6) is 0 Å². The van der Waals surface area contributed by atoms with E-state index in [2.05, 4.69) is 5.32 Å². The highest BCUT2D eigenvalue weighted by Gasteiger charge is 2.51. The van der Waals surface area contributed by atoms with Crippen LogP contribution in [0.3, 0.4) is 0 Å². The van der Waals surface area contributed by atoms with E-state index in [1.54, 1.807) is 6.92 Å². The van der Waals surface area contributed by atoms with Crippen LogP contribution in [0.1, 0.15) is 53.4 Å². The van der Waals surface area contributed by atoms with Gasteiger partial charge in [0.2, 0.25) is 11.8 Å². The van der Waals surface area contributed by atoms with Gasteiger partial charge in [0.1, 0.15) is 5.41 Å². The molecule has 0 saturated carbocycles. The largest absolute Gasteiger partial charge is 0.353 e. The fourth-order valence-electron chi connectivity index (χ4n) is 2.92. The highest BCUT2D eigenvalue weighted by atomic mass is 16.7. The lowest BCUT2D eigenvalue weighted by Gasteiger charge is -2.37. The molecular formula is C18H30N2O5. The van der Waals surface area contributed by atoms with Gasteiger partial charge in [-0.1, -0.05) is 6.08 Å². The fourth-order valence-corrected chi connectivity index (χ4v) is 2.92. The zero-order chi connectivity index (χ0) is 19.0. The molecule has 1 aliphatic heterocycles. The maximum Gasteiger partial charge on any atom is 0.330 e. The molecule has 0 spiro atoms. The number of carbonyl (C=O) groups is 3. The lowest BCUT2D eigenvalue weighted by atomic mass is 9.74. The average Bonchev–Trinajstić information content (AvgIpc) is 2.60. The van der Waals surface area contributed by atoms with E-state index in [9.17, 15) is 14.4 Å². The Balaban J connectivity index is 0.000000333. The molecular weight excluding hydrogens is 324 g/mol. The van der Waals surface area contributed by atoms with Gasteiger partial charge in [-0.25, -0.2) is 4.79 Å². The van der Waals surface area contributed by atoms with Crippen LogP contribution >= 0.6 is 0 Å². The minimum Gasteiger partial charge on any atom is -0.353 e. The van der Waals surface area contributed by atoms with Gasteiger partial charge in [0.15, 0.2) is 6.29 Å². The van der Waals surface area contributed by atoms with Crippen molar-refractivity contribution in [2.24, 2.45) is 5.41 Å². The number of rotatable bonds is 5. The maximum absolute atomic E-state index is 12.2. The Kier molecular flexibility index (Phi) is 8.25. The monoisotopic (exact) mass is 354 g/mol. The molecule has 0 bridgehead atoms. The molecule has 25 heavy (non-hydrogen) atoms. The highest BCUT2D eigenvalue weighted by Crippen LogP contribution is 2.37. The molecule has 1 N–H and O–H groups in total. The Labute approximate surface area is 149 Å². The number of ether oxygens (including phenoxy) is 2. The molecule has 1 unspecified atom stereocenters. The van der Waals surface area contributed by atoms with Crippen molar-refractivity contribution in [2.75, 3.05) is 20.3 Å². The van der Waals surface area contributed by atoms with Crippen LogP contribution in [0.2, 0.25) is 0 Å². The number of amides is 4. The van der Waals surface area contributed by atoms with E-state index in [1.807, 2.05) is 26.8 Å². The summed E-state index contributed by atoms with van der Waals surface area (Å²) >= 11 is 0. The molecule has 1 fully saturated rings. The van der Waals surface area contributed by atoms with Crippen molar-refractivity contribution >= 4 is 17.8 Å². The van der Waals surface area contributed by atoms with Crippen LogP contribution in [0, 0.1) is 5.41 Å². The molecule has 142 valence electrons. The summed E-state index contributed by atoms with van der Waals surface area (Å²) in [6.45, 7) is 8.85. The second kappa shape index (κ2) is 9.68. The second-order valence-corrected chi connectivity index (χ2v) is 6.20. The summed E-state index contributed by atoms with van der Waals surface area (Å²) < 4.78 is 10.1. The van der Waals surface area contributed by atoms with Gasteiger partial charge in [-0.15, -0.1) is 0 Å². The normalized spacial score (nSPS) is 23.8. The van der Waals surface area contributed by atoms with Gasteiger partial charge in [0, 0.05) is 20.3 Å². The van der Waals surface area contributed by atoms with Crippen LogP contribution in [-0.2, 0) is 19.1 Å². The summed E-state index contributed by atoms with van der Waals surface area (Å²) in [5.41, 5.74) is -0.367. The van der Waals surface area contributed by atoms with E-state index >= 15 is 0 Å². The number of urea groups is 1. The summed E-state index contributed by atoms with van der Waals surface area (Å²) in [5, 5.41) is 2.23. The molecule has 1 aliphatic carbocycles. The van der Waals surface area contributed by atoms with Gasteiger partial charge in [-0.2, -0.15) is 0 Å². The average molecular weight is 354 g/mol. The van der Waals surface area contributed by atoms with E-state index in [-0.39, 0.29) is 6.29 Å². The summed E-state index contributed by atoms with van der Waals surface area (Å²) in [5.74, 6) is -0.932. The predicted molar refractivity (Wildman–Crippen MR) is 93.7 cm³/mol. The third-order valence-corrected chi connectivity index (χ3v) is 4.45. The first-order chi connectivity index (χ1) is 11.8. The lowest BCUT2D eigenvalue weighted by Crippen LogP contribution is -2.62. The SMILES string of the molecule is CCOC(C)OCC.CN1C(=O)NC(=O)C(C)(C2=CCCCC2)C1=O. The van der Waals surface area contributed by atoms with Gasteiger partial charge in [-0.05, 0) is 59.0 Å². The fraction of sp³-hybridized carbons (Fsp3) is 0.722. The van der Waals surface area contributed by atoms with E-state index in [1.165, 1.54) is 7.05 Å². The van der Waals surface area contributed by atoms with Crippen LogP contribution in [0.15, 0.2) is 11.6 Å². The Bertz CT molecular complexity index is 526. The highest BCUT2D eigenvalue weighted by molar-refractivity contribution is 6.20. The van der Waals surface area contributed by atoms with Gasteiger partial charge in [0.25, 0.3) is 0 Å². The van der Waals surface area contributed by atoms with Crippen LogP contribution < -0.4 is 5.32 Å². The standard InChI is InChI=1S/C12H16N2O3.C6H14O2/c1-12(8-6-4-3-5-7-8)9(15)13-11(17)14(2)10(12)16;1-4-7-6(3)8-5-2/h6H,3-5,7H2,1-2H3,(H,13,15,17);6H,4-5H2,1-3H3. The minimum atomic E-state index is -1.21. The first-order valence-electron chi connectivity index (χ1n) is 8.85. The smallest absolute Gasteiger partial charge is 0.330 e. The minimum absolute atomic E-state index is 0.0370. The van der Waals surface area contributed by atoms with Crippen LogP contribution in [-0.4, -0.2) is 49.3 Å². The molecule has 4 amide bonds.